The number of aromatic nitrogens is 1. The summed E-state index contributed by atoms with van der Waals surface area (Å²) < 4.78 is 0. The molecule has 7 heteroatoms. The third kappa shape index (κ3) is 2.58. The summed E-state index contributed by atoms with van der Waals surface area (Å²) in [5.74, 6) is -0.149. The Kier molecular flexibility index (Phi) is 3.66. The summed E-state index contributed by atoms with van der Waals surface area (Å²) in [5, 5.41) is 21.6. The molecule has 3 aromatic rings. The Morgan fingerprint density at radius 1 is 1.23 bits per heavy atom. The number of carbonyl (C=O) groups excluding carboxylic acids is 1. The Morgan fingerprint density at radius 3 is 2.85 bits per heavy atom. The largest absolute Gasteiger partial charge is 0.354 e. The van der Waals surface area contributed by atoms with E-state index in [2.05, 4.69) is 16.4 Å². The maximum absolute atomic E-state index is 12.3. The lowest BCUT2D eigenvalue weighted by atomic mass is 9.99. The van der Waals surface area contributed by atoms with Gasteiger partial charge in [0.25, 0.3) is 4.92 Å². The molecule has 3 N–H and O–H groups in total. The SMILES string of the molecule is N#CCCc1ccc2c(c1)-c1[nH]c3ccc([N+](=O)O)cc3c1CC(=O)N2. The van der Waals surface area contributed by atoms with E-state index in [1.165, 1.54) is 6.07 Å². The van der Waals surface area contributed by atoms with Crippen LogP contribution in [0.25, 0.3) is 22.2 Å². The standard InChI is InChI=1S/C19H14N4O3/c20-7-1-2-11-3-5-17-15(8-11)19-14(10-18(24)21-17)13-9-12(23(25)26)4-6-16(13)22-19/h3-6,8-9,22H,1-2,10H2,(H-,21,24,25,26)/p+1. The molecule has 0 bridgehead atoms. The van der Waals surface area contributed by atoms with Crippen molar-refractivity contribution >= 4 is 28.2 Å². The predicted molar refractivity (Wildman–Crippen MR) is 95.1 cm³/mol. The van der Waals surface area contributed by atoms with Crippen LogP contribution >= 0.6 is 0 Å². The second kappa shape index (κ2) is 6.01. The Balaban J connectivity index is 1.94. The fourth-order valence-corrected chi connectivity index (χ4v) is 3.39. The molecule has 1 aromatic heterocycles. The molecule has 0 aliphatic carbocycles. The highest BCUT2D eigenvalue weighted by Crippen LogP contribution is 2.39. The quantitative estimate of drug-likeness (QED) is 0.629. The number of rotatable bonds is 3. The molecule has 0 saturated carbocycles. The minimum Gasteiger partial charge on any atom is -0.354 e. The molecule has 26 heavy (non-hydrogen) atoms. The van der Waals surface area contributed by atoms with Gasteiger partial charge in [-0.1, -0.05) is 6.07 Å². The molecule has 2 aromatic carbocycles. The zero-order valence-electron chi connectivity index (χ0n) is 13.7. The number of benzene rings is 2. The number of nitrogens with zero attached hydrogens (tertiary/aromatic N) is 2. The normalized spacial score (nSPS) is 12.7. The summed E-state index contributed by atoms with van der Waals surface area (Å²) in [6.07, 6.45) is 1.21. The minimum absolute atomic E-state index is 0.104. The van der Waals surface area contributed by atoms with Gasteiger partial charge in [0, 0.05) is 35.0 Å². The molecule has 1 amide bonds. The topological polar surface area (TPSA) is 109 Å². The van der Waals surface area contributed by atoms with E-state index in [1.807, 2.05) is 18.2 Å². The molecule has 0 radical (unpaired) electrons. The van der Waals surface area contributed by atoms with E-state index in [-0.39, 0.29) is 22.9 Å². The minimum atomic E-state index is -0.191. The lowest BCUT2D eigenvalue weighted by Crippen LogP contribution is -2.12. The summed E-state index contributed by atoms with van der Waals surface area (Å²) in [6, 6.07) is 12.6. The number of fused-ring (bicyclic) bond motifs is 5. The number of nitrogens with one attached hydrogen (secondary N) is 2. The highest BCUT2D eigenvalue weighted by Gasteiger charge is 2.24. The number of anilines is 1. The number of aryl methyl sites for hydroxylation is 1. The van der Waals surface area contributed by atoms with Crippen LogP contribution in [0.2, 0.25) is 0 Å². The van der Waals surface area contributed by atoms with Gasteiger partial charge in [-0.15, -0.1) is 0 Å². The summed E-state index contributed by atoms with van der Waals surface area (Å²) in [4.78, 5) is 26.7. The van der Waals surface area contributed by atoms with Crippen molar-refractivity contribution in [1.82, 2.24) is 4.98 Å². The monoisotopic (exact) mass is 347 g/mol. The maximum atomic E-state index is 12.3. The Labute approximate surface area is 148 Å². The van der Waals surface area contributed by atoms with Crippen molar-refractivity contribution in [2.24, 2.45) is 0 Å². The molecule has 7 nitrogen and oxygen atoms in total. The van der Waals surface area contributed by atoms with Crippen LogP contribution in [0.3, 0.4) is 0 Å². The van der Waals surface area contributed by atoms with Gasteiger partial charge >= 0.3 is 5.69 Å². The highest BCUT2D eigenvalue weighted by molar-refractivity contribution is 6.05. The van der Waals surface area contributed by atoms with Gasteiger partial charge in [0.05, 0.1) is 28.8 Å². The second-order valence-corrected chi connectivity index (χ2v) is 6.24. The molecule has 128 valence electrons. The molecule has 1 aliphatic rings. The van der Waals surface area contributed by atoms with Gasteiger partial charge in [-0.25, -0.2) is 5.21 Å². The summed E-state index contributed by atoms with van der Waals surface area (Å²) in [6.45, 7) is 0. The Hall–Kier alpha value is -3.66. The fraction of sp³-hybridized carbons (Fsp3) is 0.158. The first kappa shape index (κ1) is 15.8. The van der Waals surface area contributed by atoms with E-state index in [0.29, 0.717) is 18.5 Å². The molecular formula is C19H15N4O3+. The molecule has 0 saturated heterocycles. The van der Waals surface area contributed by atoms with Gasteiger partial charge in [0.15, 0.2) is 0 Å². The lowest BCUT2D eigenvalue weighted by Gasteiger charge is -2.09. The molecular weight excluding hydrogens is 332 g/mol. The molecule has 1 aliphatic heterocycles. The van der Waals surface area contributed by atoms with Crippen LogP contribution in [-0.4, -0.2) is 21.0 Å². The van der Waals surface area contributed by atoms with Crippen molar-refractivity contribution in [1.29, 1.82) is 5.26 Å². The van der Waals surface area contributed by atoms with Crippen LogP contribution in [0.5, 0.6) is 0 Å². The van der Waals surface area contributed by atoms with Crippen molar-refractivity contribution in [3.8, 4) is 17.3 Å². The molecule has 2 heterocycles. The summed E-state index contributed by atoms with van der Waals surface area (Å²) in [5.41, 5.74) is 5.02. The number of aromatic amines is 1. The first-order valence-corrected chi connectivity index (χ1v) is 8.17. The van der Waals surface area contributed by atoms with E-state index in [4.69, 9.17) is 5.26 Å². The fourth-order valence-electron chi connectivity index (χ4n) is 3.39. The lowest BCUT2D eigenvalue weighted by molar-refractivity contribution is -0.729. The van der Waals surface area contributed by atoms with Crippen LogP contribution in [0, 0.1) is 16.2 Å². The highest BCUT2D eigenvalue weighted by atomic mass is 16.6. The van der Waals surface area contributed by atoms with E-state index in [1.54, 1.807) is 12.1 Å². The van der Waals surface area contributed by atoms with Gasteiger partial charge in [-0.2, -0.15) is 5.26 Å². The first-order valence-electron chi connectivity index (χ1n) is 8.17. The molecule has 0 atom stereocenters. The number of hydrogen-bond acceptors (Lipinski definition) is 3. The number of carbonyl (C=O) groups is 1. The van der Waals surface area contributed by atoms with Crippen LogP contribution < -0.4 is 5.32 Å². The van der Waals surface area contributed by atoms with Gasteiger partial charge in [-0.3, -0.25) is 4.79 Å². The predicted octanol–water partition coefficient (Wildman–Crippen LogP) is 3.59. The number of amides is 1. The number of nitriles is 1. The van der Waals surface area contributed by atoms with Gasteiger partial charge in [0.1, 0.15) is 0 Å². The number of H-pyrrole nitrogens is 1. The average molecular weight is 347 g/mol. The summed E-state index contributed by atoms with van der Waals surface area (Å²) in [7, 11) is 0. The van der Waals surface area contributed by atoms with E-state index >= 15 is 0 Å². The summed E-state index contributed by atoms with van der Waals surface area (Å²) >= 11 is 0. The van der Waals surface area contributed by atoms with Crippen molar-refractivity contribution in [2.45, 2.75) is 19.3 Å². The maximum Gasteiger partial charge on any atom is 0.317 e. The van der Waals surface area contributed by atoms with E-state index in [0.717, 1.165) is 33.3 Å². The first-order chi connectivity index (χ1) is 12.6. The third-order valence-corrected chi connectivity index (χ3v) is 4.60. The third-order valence-electron chi connectivity index (χ3n) is 4.60. The van der Waals surface area contributed by atoms with Crippen LogP contribution in [0.1, 0.15) is 17.5 Å². The zero-order valence-corrected chi connectivity index (χ0v) is 13.7. The van der Waals surface area contributed by atoms with Crippen LogP contribution in [0.15, 0.2) is 36.4 Å². The van der Waals surface area contributed by atoms with Gasteiger partial charge < -0.3 is 10.3 Å². The van der Waals surface area contributed by atoms with Crippen molar-refractivity contribution in [2.75, 3.05) is 5.32 Å². The van der Waals surface area contributed by atoms with Crippen LogP contribution in [-0.2, 0) is 17.6 Å². The molecule has 0 unspecified atom stereocenters. The van der Waals surface area contributed by atoms with E-state index in [9.17, 15) is 14.9 Å². The van der Waals surface area contributed by atoms with Crippen molar-refractivity contribution in [3.63, 3.8) is 0 Å². The van der Waals surface area contributed by atoms with Crippen LogP contribution in [0.4, 0.5) is 11.4 Å². The Morgan fingerprint density at radius 2 is 2.08 bits per heavy atom. The smallest absolute Gasteiger partial charge is 0.317 e. The number of hydrogen-bond donors (Lipinski definition) is 3. The molecule has 0 spiro atoms. The van der Waals surface area contributed by atoms with Gasteiger partial charge in [-0.05, 0) is 35.7 Å². The van der Waals surface area contributed by atoms with Crippen molar-refractivity contribution in [3.05, 3.63) is 52.4 Å². The zero-order chi connectivity index (χ0) is 18.3. The molecule has 0 fully saturated rings. The molecule has 4 rings (SSSR count). The van der Waals surface area contributed by atoms with Gasteiger partial charge in [0.2, 0.25) is 5.91 Å². The Bertz CT molecular complexity index is 1110. The van der Waals surface area contributed by atoms with E-state index < -0.39 is 0 Å². The average Bonchev–Trinajstić information content (AvgIpc) is 2.91. The second-order valence-electron chi connectivity index (χ2n) is 6.24. The van der Waals surface area contributed by atoms with Crippen molar-refractivity contribution < 1.29 is 14.9 Å².